The fraction of sp³-hybridized carbons (Fsp3) is 0.120. The highest BCUT2D eigenvalue weighted by atomic mass is 16.2. The van der Waals surface area contributed by atoms with E-state index < -0.39 is 0 Å². The van der Waals surface area contributed by atoms with E-state index in [1.807, 2.05) is 53.4 Å². The standard InChI is InChI=1S/C25H21N3O/c29-25(28-15-13-19(14-16-28)18-7-2-1-3-8-18)24-17-23(26-27-24)22-12-6-10-20-9-4-5-11-21(20)22/h1-13,17H,14-16H2,(H,26,27). The van der Waals surface area contributed by atoms with Crippen molar-refractivity contribution in [3.8, 4) is 11.3 Å². The number of nitrogens with zero attached hydrogens (tertiary/aromatic N) is 2. The van der Waals surface area contributed by atoms with Gasteiger partial charge in [0.25, 0.3) is 5.91 Å². The van der Waals surface area contributed by atoms with E-state index in [9.17, 15) is 4.79 Å². The topological polar surface area (TPSA) is 49.0 Å². The summed E-state index contributed by atoms with van der Waals surface area (Å²) < 4.78 is 0. The van der Waals surface area contributed by atoms with E-state index in [1.54, 1.807) is 0 Å². The van der Waals surface area contributed by atoms with Crippen molar-refractivity contribution in [1.29, 1.82) is 0 Å². The lowest BCUT2D eigenvalue weighted by Gasteiger charge is -2.26. The number of nitrogens with one attached hydrogen (secondary N) is 1. The molecule has 0 unspecified atom stereocenters. The Hall–Kier alpha value is -3.66. The van der Waals surface area contributed by atoms with Crippen molar-refractivity contribution in [2.24, 2.45) is 0 Å². The molecule has 0 bridgehead atoms. The monoisotopic (exact) mass is 379 g/mol. The second kappa shape index (κ2) is 7.40. The van der Waals surface area contributed by atoms with Crippen LogP contribution < -0.4 is 0 Å². The number of hydrogen-bond acceptors (Lipinski definition) is 2. The zero-order valence-corrected chi connectivity index (χ0v) is 16.0. The van der Waals surface area contributed by atoms with E-state index in [1.165, 1.54) is 11.1 Å². The average molecular weight is 379 g/mol. The maximum Gasteiger partial charge on any atom is 0.272 e. The van der Waals surface area contributed by atoms with Gasteiger partial charge < -0.3 is 4.90 Å². The van der Waals surface area contributed by atoms with E-state index >= 15 is 0 Å². The van der Waals surface area contributed by atoms with Gasteiger partial charge in [0.2, 0.25) is 0 Å². The van der Waals surface area contributed by atoms with Gasteiger partial charge >= 0.3 is 0 Å². The molecule has 5 rings (SSSR count). The first-order chi connectivity index (χ1) is 14.3. The van der Waals surface area contributed by atoms with E-state index in [-0.39, 0.29) is 5.91 Å². The summed E-state index contributed by atoms with van der Waals surface area (Å²) in [5.41, 5.74) is 4.89. The molecule has 4 heteroatoms. The van der Waals surface area contributed by atoms with Crippen LogP contribution in [0.15, 0.2) is 84.9 Å². The third kappa shape index (κ3) is 3.34. The van der Waals surface area contributed by atoms with Crippen LogP contribution >= 0.6 is 0 Å². The van der Waals surface area contributed by atoms with Crippen LogP contribution in [0.2, 0.25) is 0 Å². The Morgan fingerprint density at radius 2 is 1.72 bits per heavy atom. The Balaban J connectivity index is 1.37. The van der Waals surface area contributed by atoms with Crippen molar-refractivity contribution in [2.45, 2.75) is 6.42 Å². The Morgan fingerprint density at radius 3 is 2.55 bits per heavy atom. The van der Waals surface area contributed by atoms with Crippen LogP contribution in [0, 0.1) is 0 Å². The fourth-order valence-electron chi connectivity index (χ4n) is 3.96. The van der Waals surface area contributed by atoms with Gasteiger partial charge in [0.1, 0.15) is 5.69 Å². The number of H-pyrrole nitrogens is 1. The Kier molecular flexibility index (Phi) is 4.45. The zero-order valence-electron chi connectivity index (χ0n) is 16.0. The lowest BCUT2D eigenvalue weighted by Crippen LogP contribution is -2.34. The summed E-state index contributed by atoms with van der Waals surface area (Å²) in [5.74, 6) is -0.00708. The lowest BCUT2D eigenvalue weighted by atomic mass is 9.99. The van der Waals surface area contributed by atoms with E-state index in [0.717, 1.165) is 28.5 Å². The van der Waals surface area contributed by atoms with Crippen LogP contribution in [0.25, 0.3) is 27.6 Å². The Morgan fingerprint density at radius 1 is 0.931 bits per heavy atom. The number of rotatable bonds is 3. The minimum atomic E-state index is -0.00708. The Bertz CT molecular complexity index is 1200. The molecule has 1 aliphatic rings. The minimum Gasteiger partial charge on any atom is -0.333 e. The van der Waals surface area contributed by atoms with Gasteiger partial charge in [0, 0.05) is 18.7 Å². The summed E-state index contributed by atoms with van der Waals surface area (Å²) in [5, 5.41) is 9.67. The molecule has 0 saturated heterocycles. The van der Waals surface area contributed by atoms with Gasteiger partial charge in [-0.15, -0.1) is 0 Å². The summed E-state index contributed by atoms with van der Waals surface area (Å²) in [4.78, 5) is 14.8. The van der Waals surface area contributed by atoms with Crippen LogP contribution in [0.1, 0.15) is 22.5 Å². The summed E-state index contributed by atoms with van der Waals surface area (Å²) >= 11 is 0. The molecule has 0 saturated carbocycles. The number of amides is 1. The van der Waals surface area contributed by atoms with Crippen LogP contribution in [0.3, 0.4) is 0 Å². The van der Waals surface area contributed by atoms with Gasteiger partial charge in [0.15, 0.2) is 0 Å². The zero-order chi connectivity index (χ0) is 19.6. The first-order valence-electron chi connectivity index (χ1n) is 9.87. The SMILES string of the molecule is O=C(c1cc(-c2cccc3ccccc23)n[nH]1)N1CC=C(c2ccccc2)CC1. The van der Waals surface area contributed by atoms with Gasteiger partial charge in [-0.2, -0.15) is 5.10 Å². The molecule has 3 aromatic carbocycles. The number of hydrogen-bond donors (Lipinski definition) is 1. The molecular weight excluding hydrogens is 358 g/mol. The molecule has 142 valence electrons. The fourth-order valence-corrected chi connectivity index (χ4v) is 3.96. The molecule has 0 aliphatic carbocycles. The third-order valence-corrected chi connectivity index (χ3v) is 5.51. The number of carbonyl (C=O) groups is 1. The van der Waals surface area contributed by atoms with Crippen LogP contribution in [0.4, 0.5) is 0 Å². The average Bonchev–Trinajstić information content (AvgIpc) is 3.29. The van der Waals surface area contributed by atoms with Crippen molar-refractivity contribution >= 4 is 22.3 Å². The largest absolute Gasteiger partial charge is 0.333 e. The quantitative estimate of drug-likeness (QED) is 0.534. The number of aromatic amines is 1. The van der Waals surface area contributed by atoms with Crippen LogP contribution in [-0.4, -0.2) is 34.1 Å². The van der Waals surface area contributed by atoms with E-state index in [2.05, 4.69) is 46.6 Å². The minimum absolute atomic E-state index is 0.00708. The molecule has 1 aromatic heterocycles. The molecule has 29 heavy (non-hydrogen) atoms. The predicted molar refractivity (Wildman–Crippen MR) is 116 cm³/mol. The highest BCUT2D eigenvalue weighted by molar-refractivity contribution is 5.98. The third-order valence-electron chi connectivity index (χ3n) is 5.51. The maximum absolute atomic E-state index is 13.0. The van der Waals surface area contributed by atoms with Crippen LogP contribution in [-0.2, 0) is 0 Å². The Labute approximate surface area is 169 Å². The normalized spacial score (nSPS) is 14.1. The van der Waals surface area contributed by atoms with Crippen molar-refractivity contribution in [2.75, 3.05) is 13.1 Å². The smallest absolute Gasteiger partial charge is 0.272 e. The highest BCUT2D eigenvalue weighted by Crippen LogP contribution is 2.28. The molecule has 1 amide bonds. The summed E-state index contributed by atoms with van der Waals surface area (Å²) in [6.07, 6.45) is 3.01. The van der Waals surface area contributed by atoms with Gasteiger partial charge in [-0.3, -0.25) is 9.89 Å². The van der Waals surface area contributed by atoms with Crippen molar-refractivity contribution in [3.63, 3.8) is 0 Å². The molecule has 4 aromatic rings. The van der Waals surface area contributed by atoms with Crippen molar-refractivity contribution < 1.29 is 4.79 Å². The lowest BCUT2D eigenvalue weighted by molar-refractivity contribution is 0.0767. The first kappa shape index (κ1) is 17.4. The van der Waals surface area contributed by atoms with E-state index in [4.69, 9.17) is 0 Å². The summed E-state index contributed by atoms with van der Waals surface area (Å²) in [6, 6.07) is 26.6. The molecule has 0 fully saturated rings. The highest BCUT2D eigenvalue weighted by Gasteiger charge is 2.21. The number of fused-ring (bicyclic) bond motifs is 1. The number of aromatic nitrogens is 2. The van der Waals surface area contributed by atoms with Gasteiger partial charge in [-0.05, 0) is 34.4 Å². The number of carbonyl (C=O) groups excluding carboxylic acids is 1. The maximum atomic E-state index is 13.0. The van der Waals surface area contributed by atoms with Gasteiger partial charge in [-0.1, -0.05) is 78.9 Å². The molecule has 0 atom stereocenters. The second-order valence-electron chi connectivity index (χ2n) is 7.29. The molecule has 0 radical (unpaired) electrons. The van der Waals surface area contributed by atoms with Crippen LogP contribution in [0.5, 0.6) is 0 Å². The second-order valence-corrected chi connectivity index (χ2v) is 7.29. The molecular formula is C25H21N3O. The van der Waals surface area contributed by atoms with Crippen molar-refractivity contribution in [1.82, 2.24) is 15.1 Å². The summed E-state index contributed by atoms with van der Waals surface area (Å²) in [7, 11) is 0. The molecule has 4 nitrogen and oxygen atoms in total. The molecule has 1 aliphatic heterocycles. The predicted octanol–water partition coefficient (Wildman–Crippen LogP) is 5.16. The molecule has 0 spiro atoms. The number of benzene rings is 3. The van der Waals surface area contributed by atoms with Gasteiger partial charge in [-0.25, -0.2) is 0 Å². The molecule has 1 N–H and O–H groups in total. The van der Waals surface area contributed by atoms with E-state index in [0.29, 0.717) is 18.8 Å². The first-order valence-corrected chi connectivity index (χ1v) is 9.87. The van der Waals surface area contributed by atoms with Gasteiger partial charge in [0.05, 0.1) is 5.69 Å². The van der Waals surface area contributed by atoms with Crippen molar-refractivity contribution in [3.05, 3.63) is 96.2 Å². The molecule has 2 heterocycles. The summed E-state index contributed by atoms with van der Waals surface area (Å²) in [6.45, 7) is 1.33.